The Hall–Kier alpha value is -3.93. The summed E-state index contributed by atoms with van der Waals surface area (Å²) in [4.78, 5) is 26.3. The van der Waals surface area contributed by atoms with Crippen LogP contribution in [-0.2, 0) is 28.7 Å². The lowest BCUT2D eigenvalue weighted by Crippen LogP contribution is -2.28. The number of rotatable bonds is 5. The van der Waals surface area contributed by atoms with Crippen LogP contribution in [0.3, 0.4) is 0 Å². The number of ether oxygens (including phenoxy) is 1. The van der Waals surface area contributed by atoms with Crippen LogP contribution in [0.1, 0.15) is 61.7 Å². The Morgan fingerprint density at radius 1 is 0.944 bits per heavy atom. The van der Waals surface area contributed by atoms with Gasteiger partial charge in [-0.05, 0) is 49.1 Å². The molecule has 1 N–H and O–H groups in total. The number of nitrogens with zero attached hydrogens (tertiary/aromatic N) is 2. The van der Waals surface area contributed by atoms with E-state index in [4.69, 9.17) is 10.1 Å². The third kappa shape index (κ3) is 3.87. The molecule has 0 saturated carbocycles. The molecule has 0 unspecified atom stereocenters. The number of hydrogen-bond acceptors (Lipinski definition) is 4. The number of imidazole rings is 1. The van der Waals surface area contributed by atoms with Gasteiger partial charge < -0.3 is 13.9 Å². The lowest BCUT2D eigenvalue weighted by atomic mass is 9.79. The average Bonchev–Trinajstić information content (AvgIpc) is 3.23. The van der Waals surface area contributed by atoms with Crippen LogP contribution in [0, 0.1) is 5.41 Å². The quantitative estimate of drug-likeness (QED) is 0.237. The molecule has 0 radical (unpaired) electrons. The van der Waals surface area contributed by atoms with E-state index < -0.39 is 5.41 Å². The molecule has 0 spiro atoms. The first-order valence-electron chi connectivity index (χ1n) is 12.2. The second-order valence-corrected chi connectivity index (χ2v) is 11.1. The summed E-state index contributed by atoms with van der Waals surface area (Å²) in [6.07, 6.45) is 0. The zero-order chi connectivity index (χ0) is 25.8. The van der Waals surface area contributed by atoms with Gasteiger partial charge in [0.25, 0.3) is 0 Å². The van der Waals surface area contributed by atoms with E-state index in [0.29, 0.717) is 17.9 Å². The molecule has 5 rings (SSSR count). The summed E-state index contributed by atoms with van der Waals surface area (Å²) in [6.45, 7) is 10.4. The fourth-order valence-electron chi connectivity index (χ4n) is 4.87. The standard InChI is InChI=1S/C30H31N3O3/c1-29(2,3)21-15-20(16-22-26(21)36-27(35)30(22,4)5)25(34)18-33-24-14-10-9-13-23(24)32(28(33)31)17-19-11-7-6-8-12-19/h6-16,31H,17-18H2,1-5H3. The van der Waals surface area contributed by atoms with Gasteiger partial charge >= 0.3 is 5.97 Å². The lowest BCUT2D eigenvalue weighted by molar-refractivity contribution is -0.137. The SMILES string of the molecule is CC(C)(C)c1cc(C(=O)Cn2c(=N)n(Cc3ccccc3)c3ccccc32)cc2c1OC(=O)C2(C)C. The van der Waals surface area contributed by atoms with Crippen LogP contribution in [0.4, 0.5) is 0 Å². The molecule has 6 nitrogen and oxygen atoms in total. The second kappa shape index (κ2) is 8.33. The summed E-state index contributed by atoms with van der Waals surface area (Å²) in [5, 5.41) is 8.94. The lowest BCUT2D eigenvalue weighted by Gasteiger charge is -2.23. The zero-order valence-electron chi connectivity index (χ0n) is 21.4. The molecule has 0 amide bonds. The Kier molecular flexibility index (Phi) is 5.51. The van der Waals surface area contributed by atoms with Crippen LogP contribution in [0.2, 0.25) is 0 Å². The molecule has 36 heavy (non-hydrogen) atoms. The zero-order valence-corrected chi connectivity index (χ0v) is 21.4. The molecule has 1 aliphatic heterocycles. The van der Waals surface area contributed by atoms with Gasteiger partial charge in [-0.1, -0.05) is 63.2 Å². The van der Waals surface area contributed by atoms with Gasteiger partial charge in [-0.2, -0.15) is 0 Å². The topological polar surface area (TPSA) is 77.1 Å². The maximum atomic E-state index is 13.7. The van der Waals surface area contributed by atoms with Crippen molar-refractivity contribution in [2.75, 3.05) is 0 Å². The van der Waals surface area contributed by atoms with E-state index in [-0.39, 0.29) is 29.3 Å². The second-order valence-electron chi connectivity index (χ2n) is 11.1. The number of fused-ring (bicyclic) bond motifs is 2. The highest BCUT2D eigenvalue weighted by Crippen LogP contribution is 2.46. The summed E-state index contributed by atoms with van der Waals surface area (Å²) in [5.41, 5.74) is 4.06. The van der Waals surface area contributed by atoms with E-state index in [2.05, 4.69) is 0 Å². The van der Waals surface area contributed by atoms with Gasteiger partial charge in [-0.15, -0.1) is 0 Å². The van der Waals surface area contributed by atoms with E-state index in [9.17, 15) is 9.59 Å². The Labute approximate surface area is 210 Å². The third-order valence-corrected chi connectivity index (χ3v) is 7.06. The number of benzene rings is 3. The molecule has 1 aliphatic rings. The highest BCUT2D eigenvalue weighted by atomic mass is 16.5. The molecule has 4 aromatic rings. The summed E-state index contributed by atoms with van der Waals surface area (Å²) in [6, 6.07) is 21.5. The molecule has 6 heteroatoms. The van der Waals surface area contributed by atoms with Crippen LogP contribution >= 0.6 is 0 Å². The maximum absolute atomic E-state index is 13.7. The monoisotopic (exact) mass is 481 g/mol. The molecular weight excluding hydrogens is 450 g/mol. The van der Waals surface area contributed by atoms with Gasteiger partial charge in [0.15, 0.2) is 5.78 Å². The van der Waals surface area contributed by atoms with Gasteiger partial charge in [0, 0.05) is 16.7 Å². The molecule has 184 valence electrons. The predicted molar refractivity (Wildman–Crippen MR) is 139 cm³/mol. The summed E-state index contributed by atoms with van der Waals surface area (Å²) < 4.78 is 9.37. The van der Waals surface area contributed by atoms with Gasteiger partial charge in [0.1, 0.15) is 5.75 Å². The Balaban J connectivity index is 1.59. The van der Waals surface area contributed by atoms with Gasteiger partial charge in [0.2, 0.25) is 5.62 Å². The van der Waals surface area contributed by atoms with Crippen LogP contribution < -0.4 is 10.4 Å². The average molecular weight is 482 g/mol. The first kappa shape index (κ1) is 23.8. The molecule has 0 atom stereocenters. The molecule has 0 fully saturated rings. The van der Waals surface area contributed by atoms with Gasteiger partial charge in [-0.3, -0.25) is 15.0 Å². The van der Waals surface area contributed by atoms with Crippen LogP contribution in [0.15, 0.2) is 66.7 Å². The van der Waals surface area contributed by atoms with Crippen molar-refractivity contribution < 1.29 is 14.3 Å². The molecule has 2 heterocycles. The van der Waals surface area contributed by atoms with Crippen LogP contribution in [0.25, 0.3) is 11.0 Å². The number of nitrogens with one attached hydrogen (secondary N) is 1. The van der Waals surface area contributed by atoms with Crippen LogP contribution in [-0.4, -0.2) is 20.9 Å². The predicted octanol–water partition coefficient (Wildman–Crippen LogP) is 5.35. The number of hydrogen-bond donors (Lipinski definition) is 1. The normalized spacial score (nSPS) is 14.6. The van der Waals surface area contributed by atoms with Crippen molar-refractivity contribution in [3.05, 3.63) is 94.6 Å². The number of ketones is 1. The van der Waals surface area contributed by atoms with Crippen molar-refractivity contribution in [2.45, 2.75) is 58.5 Å². The van der Waals surface area contributed by atoms with Crippen molar-refractivity contribution in [1.29, 1.82) is 5.41 Å². The van der Waals surface area contributed by atoms with Crippen molar-refractivity contribution in [2.24, 2.45) is 0 Å². The van der Waals surface area contributed by atoms with Crippen molar-refractivity contribution >= 4 is 22.8 Å². The first-order chi connectivity index (χ1) is 17.0. The van der Waals surface area contributed by atoms with Crippen molar-refractivity contribution in [3.8, 4) is 5.75 Å². The molecule has 0 bridgehead atoms. The summed E-state index contributed by atoms with van der Waals surface area (Å²) >= 11 is 0. The minimum Gasteiger partial charge on any atom is -0.425 e. The fraction of sp³-hybridized carbons (Fsp3) is 0.300. The molecule has 1 aromatic heterocycles. The van der Waals surface area contributed by atoms with Crippen molar-refractivity contribution in [1.82, 2.24) is 9.13 Å². The summed E-state index contributed by atoms with van der Waals surface area (Å²) in [5.74, 6) is 0.154. The van der Waals surface area contributed by atoms with E-state index in [1.54, 1.807) is 10.6 Å². The highest BCUT2D eigenvalue weighted by Gasteiger charge is 2.44. The Morgan fingerprint density at radius 3 is 2.19 bits per heavy atom. The molecule has 3 aromatic carbocycles. The van der Waals surface area contributed by atoms with Crippen LogP contribution in [0.5, 0.6) is 5.75 Å². The van der Waals surface area contributed by atoms with Gasteiger partial charge in [-0.25, -0.2) is 0 Å². The first-order valence-corrected chi connectivity index (χ1v) is 12.2. The third-order valence-electron chi connectivity index (χ3n) is 7.06. The fourth-order valence-corrected chi connectivity index (χ4v) is 4.87. The van der Waals surface area contributed by atoms with Crippen molar-refractivity contribution in [3.63, 3.8) is 0 Å². The molecule has 0 saturated heterocycles. The Bertz CT molecular complexity index is 1570. The number of carbonyl (C=O) groups is 2. The maximum Gasteiger partial charge on any atom is 0.321 e. The van der Waals surface area contributed by atoms with E-state index in [0.717, 1.165) is 27.7 Å². The molecular formula is C30H31N3O3. The van der Waals surface area contributed by atoms with Gasteiger partial charge in [0.05, 0.1) is 29.5 Å². The minimum atomic E-state index is -0.828. The number of esters is 1. The number of carbonyl (C=O) groups excluding carboxylic acids is 2. The summed E-state index contributed by atoms with van der Waals surface area (Å²) in [7, 11) is 0. The smallest absolute Gasteiger partial charge is 0.321 e. The van der Waals surface area contributed by atoms with E-state index in [1.807, 2.05) is 99.8 Å². The Morgan fingerprint density at radius 2 is 1.56 bits per heavy atom. The number of aromatic nitrogens is 2. The minimum absolute atomic E-state index is 0.0265. The number of para-hydroxylation sites is 2. The highest BCUT2D eigenvalue weighted by molar-refractivity contribution is 5.99. The number of Topliss-reactive ketones (excluding diaryl/α,β-unsaturated/α-hetero) is 1. The largest absolute Gasteiger partial charge is 0.425 e. The molecule has 0 aliphatic carbocycles. The van der Waals surface area contributed by atoms with E-state index >= 15 is 0 Å². The van der Waals surface area contributed by atoms with E-state index in [1.165, 1.54) is 0 Å².